The van der Waals surface area contributed by atoms with E-state index in [1.807, 2.05) is 18.2 Å². The first-order valence-electron chi connectivity index (χ1n) is 12.0. The molecule has 2 N–H and O–H groups in total. The quantitative estimate of drug-likeness (QED) is 0.451. The van der Waals surface area contributed by atoms with E-state index in [-0.39, 0.29) is 11.8 Å². The zero-order valence-corrected chi connectivity index (χ0v) is 21.2. The Balaban J connectivity index is 1.41. The molecular weight excluding hydrogens is 472 g/mol. The molecule has 192 valence electrons. The Hall–Kier alpha value is -4.52. The first-order chi connectivity index (χ1) is 18.0. The topological polar surface area (TPSA) is 122 Å². The Bertz CT molecular complexity index is 1250. The molecule has 1 aliphatic heterocycles. The number of anilines is 3. The van der Waals surface area contributed by atoms with Crippen LogP contribution in [0.5, 0.6) is 17.2 Å². The molecule has 1 aromatic heterocycles. The van der Waals surface area contributed by atoms with Crippen LogP contribution >= 0.6 is 0 Å². The van der Waals surface area contributed by atoms with Crippen LogP contribution in [0.1, 0.15) is 24.0 Å². The number of rotatable bonds is 9. The minimum atomic E-state index is -0.145. The predicted molar refractivity (Wildman–Crippen MR) is 139 cm³/mol. The van der Waals surface area contributed by atoms with Crippen molar-refractivity contribution in [3.8, 4) is 23.3 Å². The molecular formula is C27H30N6O4. The van der Waals surface area contributed by atoms with Crippen LogP contribution < -0.4 is 29.7 Å². The summed E-state index contributed by atoms with van der Waals surface area (Å²) in [5.74, 6) is 2.57. The molecule has 0 radical (unpaired) electrons. The fourth-order valence-corrected chi connectivity index (χ4v) is 4.30. The highest BCUT2D eigenvalue weighted by molar-refractivity contribution is 5.79. The van der Waals surface area contributed by atoms with Crippen molar-refractivity contribution in [2.45, 2.75) is 19.4 Å². The fraction of sp³-hybridized carbons (Fsp3) is 0.333. The lowest BCUT2D eigenvalue weighted by molar-refractivity contribution is -0.125. The van der Waals surface area contributed by atoms with Gasteiger partial charge in [-0.05, 0) is 36.6 Å². The molecule has 2 heterocycles. The van der Waals surface area contributed by atoms with E-state index < -0.39 is 0 Å². The average molecular weight is 503 g/mol. The maximum absolute atomic E-state index is 12.9. The lowest BCUT2D eigenvalue weighted by Crippen LogP contribution is -2.43. The fourth-order valence-electron chi connectivity index (χ4n) is 4.30. The van der Waals surface area contributed by atoms with Crippen molar-refractivity contribution in [3.63, 3.8) is 0 Å². The largest absolute Gasteiger partial charge is 0.493 e. The summed E-state index contributed by atoms with van der Waals surface area (Å²) >= 11 is 0. The van der Waals surface area contributed by atoms with E-state index in [0.717, 1.165) is 30.8 Å². The van der Waals surface area contributed by atoms with Gasteiger partial charge in [0.2, 0.25) is 17.6 Å². The van der Waals surface area contributed by atoms with Crippen LogP contribution in [0.2, 0.25) is 0 Å². The van der Waals surface area contributed by atoms with Gasteiger partial charge in [-0.3, -0.25) is 4.79 Å². The second kappa shape index (κ2) is 11.9. The molecule has 0 bridgehead atoms. The summed E-state index contributed by atoms with van der Waals surface area (Å²) < 4.78 is 16.2. The third kappa shape index (κ3) is 6.19. The highest BCUT2D eigenvalue weighted by Crippen LogP contribution is 2.40. The summed E-state index contributed by atoms with van der Waals surface area (Å²) in [6, 6.07) is 14.7. The second-order valence-corrected chi connectivity index (χ2v) is 8.59. The first kappa shape index (κ1) is 25.6. The molecule has 1 aliphatic rings. The summed E-state index contributed by atoms with van der Waals surface area (Å²) in [5.41, 5.74) is 2.24. The number of hydrogen-bond donors (Lipinski definition) is 2. The number of benzene rings is 2. The van der Waals surface area contributed by atoms with E-state index in [1.54, 1.807) is 51.8 Å². The molecule has 0 spiro atoms. The van der Waals surface area contributed by atoms with Gasteiger partial charge in [-0.1, -0.05) is 12.1 Å². The number of amides is 1. The number of hydrogen-bond acceptors (Lipinski definition) is 9. The predicted octanol–water partition coefficient (Wildman–Crippen LogP) is 3.65. The molecule has 2 aromatic carbocycles. The Labute approximate surface area is 216 Å². The van der Waals surface area contributed by atoms with E-state index >= 15 is 0 Å². The van der Waals surface area contributed by atoms with Crippen molar-refractivity contribution in [1.82, 2.24) is 15.3 Å². The number of nitriles is 1. The molecule has 1 atom stereocenters. The summed E-state index contributed by atoms with van der Waals surface area (Å²) in [5, 5.41) is 15.2. The molecule has 37 heavy (non-hydrogen) atoms. The molecule has 10 heteroatoms. The number of aromatic nitrogens is 2. The number of nitrogens with zero attached hydrogens (tertiary/aromatic N) is 4. The molecule has 3 aromatic rings. The number of piperidine rings is 1. The molecule has 0 aliphatic carbocycles. The molecule has 1 unspecified atom stereocenters. The average Bonchev–Trinajstić information content (AvgIpc) is 2.95. The summed E-state index contributed by atoms with van der Waals surface area (Å²) in [6.45, 7) is 1.80. The van der Waals surface area contributed by atoms with Crippen molar-refractivity contribution in [2.24, 2.45) is 5.92 Å². The molecule has 4 rings (SSSR count). The Kier molecular flexibility index (Phi) is 8.26. The summed E-state index contributed by atoms with van der Waals surface area (Å²) in [4.78, 5) is 24.0. The van der Waals surface area contributed by atoms with Gasteiger partial charge in [0.25, 0.3) is 0 Å². The van der Waals surface area contributed by atoms with Gasteiger partial charge in [0.05, 0.1) is 38.9 Å². The van der Waals surface area contributed by atoms with E-state index in [4.69, 9.17) is 19.5 Å². The third-order valence-electron chi connectivity index (χ3n) is 6.23. The maximum atomic E-state index is 12.9. The third-order valence-corrected chi connectivity index (χ3v) is 6.23. The van der Waals surface area contributed by atoms with Gasteiger partial charge in [0.1, 0.15) is 5.82 Å². The minimum Gasteiger partial charge on any atom is -0.493 e. The van der Waals surface area contributed by atoms with Gasteiger partial charge < -0.3 is 29.7 Å². The Morgan fingerprint density at radius 3 is 2.49 bits per heavy atom. The molecule has 1 fully saturated rings. The summed E-state index contributed by atoms with van der Waals surface area (Å²) in [6.07, 6.45) is 3.39. The highest BCUT2D eigenvalue weighted by Gasteiger charge is 2.26. The zero-order valence-electron chi connectivity index (χ0n) is 21.2. The van der Waals surface area contributed by atoms with Crippen molar-refractivity contribution < 1.29 is 19.0 Å². The monoisotopic (exact) mass is 502 g/mol. The SMILES string of the molecule is COc1cc(Nc2nccc(N3CCCC(C(=O)NCc4ccc(C#N)cc4)C3)n2)cc(OC)c1OC. The maximum Gasteiger partial charge on any atom is 0.229 e. The molecule has 1 saturated heterocycles. The number of nitrogens with one attached hydrogen (secondary N) is 2. The van der Waals surface area contributed by atoms with Crippen LogP contribution in [0.15, 0.2) is 48.7 Å². The van der Waals surface area contributed by atoms with Gasteiger partial charge in [0.15, 0.2) is 11.5 Å². The van der Waals surface area contributed by atoms with E-state index in [0.29, 0.717) is 47.5 Å². The van der Waals surface area contributed by atoms with E-state index in [2.05, 4.69) is 31.6 Å². The number of carbonyl (C=O) groups excluding carboxylic acids is 1. The van der Waals surface area contributed by atoms with Gasteiger partial charge in [-0.15, -0.1) is 0 Å². The van der Waals surface area contributed by atoms with Crippen LogP contribution in [0.4, 0.5) is 17.5 Å². The Morgan fingerprint density at radius 1 is 1.11 bits per heavy atom. The van der Waals surface area contributed by atoms with Crippen LogP contribution in [-0.2, 0) is 11.3 Å². The van der Waals surface area contributed by atoms with Crippen LogP contribution in [0.3, 0.4) is 0 Å². The Morgan fingerprint density at radius 2 is 1.84 bits per heavy atom. The van der Waals surface area contributed by atoms with Gasteiger partial charge in [-0.25, -0.2) is 4.98 Å². The lowest BCUT2D eigenvalue weighted by atomic mass is 9.97. The lowest BCUT2D eigenvalue weighted by Gasteiger charge is -2.33. The standard InChI is InChI=1S/C27H30N6O4/c1-35-22-13-21(14-23(36-2)25(22)37-3)31-27-29-11-10-24(32-27)33-12-4-5-20(17-33)26(34)30-16-19-8-6-18(15-28)7-9-19/h6-11,13-14,20H,4-5,12,16-17H2,1-3H3,(H,30,34)(H,29,31,32). The summed E-state index contributed by atoms with van der Waals surface area (Å²) in [7, 11) is 4.68. The van der Waals surface area contributed by atoms with E-state index in [1.165, 1.54) is 0 Å². The van der Waals surface area contributed by atoms with Gasteiger partial charge in [-0.2, -0.15) is 10.2 Å². The second-order valence-electron chi connectivity index (χ2n) is 8.59. The van der Waals surface area contributed by atoms with Crippen molar-refractivity contribution in [2.75, 3.05) is 44.6 Å². The van der Waals surface area contributed by atoms with Crippen LogP contribution in [0.25, 0.3) is 0 Å². The number of methoxy groups -OCH3 is 3. The zero-order chi connectivity index (χ0) is 26.2. The van der Waals surface area contributed by atoms with E-state index in [9.17, 15) is 4.79 Å². The van der Waals surface area contributed by atoms with Crippen molar-refractivity contribution >= 4 is 23.4 Å². The first-order valence-corrected chi connectivity index (χ1v) is 12.0. The number of carbonyl (C=O) groups is 1. The van der Waals surface area contributed by atoms with Crippen LogP contribution in [0, 0.1) is 17.2 Å². The van der Waals surface area contributed by atoms with Crippen molar-refractivity contribution in [1.29, 1.82) is 5.26 Å². The van der Waals surface area contributed by atoms with Gasteiger partial charge >= 0.3 is 0 Å². The normalized spacial score (nSPS) is 14.9. The molecule has 0 saturated carbocycles. The smallest absolute Gasteiger partial charge is 0.229 e. The van der Waals surface area contributed by atoms with Crippen molar-refractivity contribution in [3.05, 3.63) is 59.8 Å². The van der Waals surface area contributed by atoms with Gasteiger partial charge in [0, 0.05) is 43.7 Å². The van der Waals surface area contributed by atoms with Crippen LogP contribution in [-0.4, -0.2) is 50.3 Å². The molecule has 1 amide bonds. The highest BCUT2D eigenvalue weighted by atomic mass is 16.5. The molecule has 10 nitrogen and oxygen atoms in total. The minimum absolute atomic E-state index is 0.0129. The number of ether oxygens (including phenoxy) is 3.